The van der Waals surface area contributed by atoms with Gasteiger partial charge in [0.1, 0.15) is 5.75 Å². The van der Waals surface area contributed by atoms with E-state index in [2.05, 4.69) is 11.4 Å². The van der Waals surface area contributed by atoms with E-state index in [0.29, 0.717) is 12.2 Å². The van der Waals surface area contributed by atoms with Gasteiger partial charge >= 0.3 is 0 Å². The van der Waals surface area contributed by atoms with Crippen molar-refractivity contribution in [1.29, 1.82) is 5.26 Å². The van der Waals surface area contributed by atoms with Gasteiger partial charge in [-0.2, -0.15) is 5.26 Å². The smallest absolute Gasteiger partial charge is 0.258 e. The molecule has 1 amide bonds. The summed E-state index contributed by atoms with van der Waals surface area (Å²) in [7, 11) is 0. The Bertz CT molecular complexity index is 624. The monoisotopic (exact) mass is 324 g/mol. The Morgan fingerprint density at radius 2 is 1.71 bits per heavy atom. The number of ether oxygens (including phenoxy) is 1. The van der Waals surface area contributed by atoms with Crippen LogP contribution in [-0.4, -0.2) is 18.1 Å². The number of nitrogens with one attached hydrogen (secondary N) is 1. The second-order valence-electron chi connectivity index (χ2n) is 8.01. The number of benzene rings is 1. The molecule has 0 aromatic heterocycles. The number of amides is 1. The van der Waals surface area contributed by atoms with Crippen LogP contribution in [0.5, 0.6) is 5.75 Å². The molecule has 0 atom stereocenters. The zero-order chi connectivity index (χ0) is 16.6. The quantitative estimate of drug-likeness (QED) is 0.904. The first-order valence-electron chi connectivity index (χ1n) is 9.04. The Hall–Kier alpha value is -2.02. The maximum Gasteiger partial charge on any atom is 0.258 e. The topological polar surface area (TPSA) is 62.1 Å². The van der Waals surface area contributed by atoms with E-state index in [0.717, 1.165) is 42.6 Å². The summed E-state index contributed by atoms with van der Waals surface area (Å²) in [6.07, 6.45) is 8.00. The van der Waals surface area contributed by atoms with E-state index in [9.17, 15) is 4.79 Å². The minimum Gasteiger partial charge on any atom is -0.484 e. The van der Waals surface area contributed by atoms with Crippen LogP contribution in [0.2, 0.25) is 0 Å². The molecule has 0 unspecified atom stereocenters. The number of carbonyl (C=O) groups is 1. The molecule has 4 saturated carbocycles. The zero-order valence-corrected chi connectivity index (χ0v) is 14.0. The Morgan fingerprint density at radius 1 is 1.12 bits per heavy atom. The van der Waals surface area contributed by atoms with Crippen molar-refractivity contribution in [2.45, 2.75) is 50.5 Å². The summed E-state index contributed by atoms with van der Waals surface area (Å²) < 4.78 is 5.62. The second kappa shape index (κ2) is 6.12. The molecule has 4 aliphatic carbocycles. The van der Waals surface area contributed by atoms with Gasteiger partial charge in [0.15, 0.2) is 6.61 Å². The van der Waals surface area contributed by atoms with Gasteiger partial charge in [-0.15, -0.1) is 0 Å². The molecule has 0 heterocycles. The maximum absolute atomic E-state index is 12.4. The van der Waals surface area contributed by atoms with Crippen LogP contribution < -0.4 is 10.1 Å². The largest absolute Gasteiger partial charge is 0.484 e. The Morgan fingerprint density at radius 3 is 2.25 bits per heavy atom. The van der Waals surface area contributed by atoms with Gasteiger partial charge in [0.05, 0.1) is 12.5 Å². The maximum atomic E-state index is 12.4. The van der Waals surface area contributed by atoms with Crippen molar-refractivity contribution >= 4 is 5.91 Å². The minimum absolute atomic E-state index is 0.00180. The molecule has 1 N–H and O–H groups in total. The van der Waals surface area contributed by atoms with Gasteiger partial charge in [-0.1, -0.05) is 12.1 Å². The Kier molecular flexibility index (Phi) is 3.96. The summed E-state index contributed by atoms with van der Waals surface area (Å²) in [6.45, 7) is 0.0688. The minimum atomic E-state index is -0.00180. The van der Waals surface area contributed by atoms with Crippen LogP contribution in [-0.2, 0) is 11.2 Å². The molecule has 4 bridgehead atoms. The first-order valence-corrected chi connectivity index (χ1v) is 9.04. The summed E-state index contributed by atoms with van der Waals surface area (Å²) >= 11 is 0. The van der Waals surface area contributed by atoms with Crippen LogP contribution >= 0.6 is 0 Å². The fourth-order valence-corrected chi connectivity index (χ4v) is 5.54. The number of rotatable bonds is 5. The highest BCUT2D eigenvalue weighted by atomic mass is 16.5. The van der Waals surface area contributed by atoms with Crippen LogP contribution in [0.4, 0.5) is 0 Å². The van der Waals surface area contributed by atoms with Gasteiger partial charge in [-0.3, -0.25) is 4.79 Å². The average Bonchev–Trinajstić information content (AvgIpc) is 2.53. The van der Waals surface area contributed by atoms with Crippen molar-refractivity contribution in [1.82, 2.24) is 5.32 Å². The second-order valence-corrected chi connectivity index (χ2v) is 8.01. The van der Waals surface area contributed by atoms with E-state index in [-0.39, 0.29) is 18.1 Å². The third-order valence-corrected chi connectivity index (χ3v) is 6.02. The normalized spacial score (nSPS) is 33.0. The zero-order valence-electron chi connectivity index (χ0n) is 14.0. The lowest BCUT2D eigenvalue weighted by Crippen LogP contribution is -2.60. The Labute approximate surface area is 143 Å². The lowest BCUT2D eigenvalue weighted by molar-refractivity contribution is -0.128. The van der Waals surface area contributed by atoms with Crippen molar-refractivity contribution in [3.8, 4) is 11.8 Å². The number of nitrogens with zero attached hydrogens (tertiary/aromatic N) is 1. The first kappa shape index (κ1) is 15.5. The molecule has 4 nitrogen and oxygen atoms in total. The molecular formula is C20H24N2O2. The molecule has 126 valence electrons. The molecule has 0 saturated heterocycles. The SMILES string of the molecule is N#CCc1ccc(OCC(=O)NC23CC4CC(CC(C4)C2)C3)cc1. The van der Waals surface area contributed by atoms with Crippen molar-refractivity contribution in [2.75, 3.05) is 6.61 Å². The summed E-state index contributed by atoms with van der Waals surface area (Å²) in [4.78, 5) is 12.4. The summed E-state index contributed by atoms with van der Waals surface area (Å²) in [5.74, 6) is 3.15. The van der Waals surface area contributed by atoms with Crippen LogP contribution in [0, 0.1) is 29.1 Å². The highest BCUT2D eigenvalue weighted by Gasteiger charge is 2.51. The molecule has 0 radical (unpaired) electrons. The first-order chi connectivity index (χ1) is 11.6. The van der Waals surface area contributed by atoms with E-state index in [1.807, 2.05) is 24.3 Å². The van der Waals surface area contributed by atoms with Crippen molar-refractivity contribution < 1.29 is 9.53 Å². The lowest BCUT2D eigenvalue weighted by atomic mass is 9.53. The number of nitriles is 1. The summed E-state index contributed by atoms with van der Waals surface area (Å²) in [5.41, 5.74) is 1.01. The fraction of sp³-hybridized carbons (Fsp3) is 0.600. The van der Waals surface area contributed by atoms with E-state index >= 15 is 0 Å². The van der Waals surface area contributed by atoms with Gasteiger partial charge in [0, 0.05) is 5.54 Å². The van der Waals surface area contributed by atoms with Gasteiger partial charge in [-0.05, 0) is 74.0 Å². The number of carbonyl (C=O) groups excluding carboxylic acids is 1. The number of hydrogen-bond donors (Lipinski definition) is 1. The third-order valence-electron chi connectivity index (χ3n) is 6.02. The molecule has 4 heteroatoms. The molecular weight excluding hydrogens is 300 g/mol. The van der Waals surface area contributed by atoms with E-state index in [1.165, 1.54) is 19.3 Å². The van der Waals surface area contributed by atoms with Crippen molar-refractivity contribution in [3.05, 3.63) is 29.8 Å². The molecule has 5 rings (SSSR count). The van der Waals surface area contributed by atoms with Crippen LogP contribution in [0.25, 0.3) is 0 Å². The molecule has 4 fully saturated rings. The van der Waals surface area contributed by atoms with Gasteiger partial charge in [-0.25, -0.2) is 0 Å². The van der Waals surface area contributed by atoms with Crippen LogP contribution in [0.15, 0.2) is 24.3 Å². The van der Waals surface area contributed by atoms with E-state index in [4.69, 9.17) is 10.00 Å². The van der Waals surface area contributed by atoms with Gasteiger partial charge < -0.3 is 10.1 Å². The molecule has 0 spiro atoms. The van der Waals surface area contributed by atoms with Crippen molar-refractivity contribution in [2.24, 2.45) is 17.8 Å². The number of hydrogen-bond acceptors (Lipinski definition) is 3. The molecule has 1 aromatic rings. The highest BCUT2D eigenvalue weighted by Crippen LogP contribution is 2.55. The standard InChI is InChI=1S/C20H24N2O2/c21-6-5-14-1-3-18(4-2-14)24-13-19(23)22-20-10-15-7-16(11-20)9-17(8-15)12-20/h1-4,15-17H,5,7-13H2,(H,22,23). The molecule has 24 heavy (non-hydrogen) atoms. The van der Waals surface area contributed by atoms with Crippen LogP contribution in [0.3, 0.4) is 0 Å². The highest BCUT2D eigenvalue weighted by molar-refractivity contribution is 5.78. The molecule has 1 aromatic carbocycles. The predicted molar refractivity (Wildman–Crippen MR) is 90.3 cm³/mol. The predicted octanol–water partition coefficient (Wildman–Crippen LogP) is 3.22. The fourth-order valence-electron chi connectivity index (χ4n) is 5.54. The summed E-state index contributed by atoms with van der Waals surface area (Å²) in [5, 5.41) is 12.0. The molecule has 4 aliphatic rings. The van der Waals surface area contributed by atoms with Crippen molar-refractivity contribution in [3.63, 3.8) is 0 Å². The van der Waals surface area contributed by atoms with E-state index in [1.54, 1.807) is 0 Å². The average molecular weight is 324 g/mol. The third kappa shape index (κ3) is 3.13. The van der Waals surface area contributed by atoms with Gasteiger partial charge in [0.2, 0.25) is 0 Å². The van der Waals surface area contributed by atoms with Crippen LogP contribution in [0.1, 0.15) is 44.1 Å². The Balaban J connectivity index is 1.31. The molecule has 0 aliphatic heterocycles. The van der Waals surface area contributed by atoms with Gasteiger partial charge in [0.25, 0.3) is 5.91 Å². The lowest BCUT2D eigenvalue weighted by Gasteiger charge is -2.56. The van der Waals surface area contributed by atoms with E-state index < -0.39 is 0 Å². The summed E-state index contributed by atoms with van der Waals surface area (Å²) in [6, 6.07) is 9.51.